The number of rotatable bonds is 3. The van der Waals surface area contributed by atoms with Gasteiger partial charge in [0.2, 0.25) is 10.0 Å². The number of hydrogen-bond acceptors (Lipinski definition) is 3. The zero-order chi connectivity index (χ0) is 14.9. The first kappa shape index (κ1) is 13.9. The molecule has 3 fully saturated rings. The number of anilines is 1. The van der Waals surface area contributed by atoms with E-state index in [9.17, 15) is 8.42 Å². The van der Waals surface area contributed by atoms with Gasteiger partial charge in [-0.15, -0.1) is 0 Å². The third kappa shape index (κ3) is 2.01. The molecule has 6 heteroatoms. The first-order valence-corrected chi connectivity index (χ1v) is 9.32. The van der Waals surface area contributed by atoms with Gasteiger partial charge in [-0.25, -0.2) is 13.1 Å². The second kappa shape index (κ2) is 4.37. The Kier molecular flexibility index (Phi) is 2.88. The van der Waals surface area contributed by atoms with Crippen LogP contribution in [0.1, 0.15) is 24.8 Å². The Balaban J connectivity index is 1.59. The van der Waals surface area contributed by atoms with E-state index >= 15 is 0 Å². The van der Waals surface area contributed by atoms with Gasteiger partial charge in [0.25, 0.3) is 0 Å². The second-order valence-corrected chi connectivity index (χ2v) is 8.86. The monoisotopic (exact) mass is 326 g/mol. The van der Waals surface area contributed by atoms with Gasteiger partial charge in [0, 0.05) is 11.7 Å². The first-order valence-electron chi connectivity index (χ1n) is 7.46. The van der Waals surface area contributed by atoms with Gasteiger partial charge in [0.15, 0.2) is 0 Å². The maximum absolute atomic E-state index is 12.6. The summed E-state index contributed by atoms with van der Waals surface area (Å²) >= 11 is 6.11. The Labute approximate surface area is 130 Å². The summed E-state index contributed by atoms with van der Waals surface area (Å²) in [7, 11) is -3.59. The molecule has 4 nitrogen and oxygen atoms in total. The summed E-state index contributed by atoms with van der Waals surface area (Å²) in [5.74, 6) is 2.57. The molecule has 4 rings (SSSR count). The molecule has 4 unspecified atom stereocenters. The van der Waals surface area contributed by atoms with Gasteiger partial charge in [0.05, 0.1) is 5.02 Å². The predicted molar refractivity (Wildman–Crippen MR) is 82.5 cm³/mol. The number of nitrogen functional groups attached to an aromatic ring is 1. The molecule has 0 radical (unpaired) electrons. The van der Waals surface area contributed by atoms with Crippen LogP contribution >= 0.6 is 11.6 Å². The van der Waals surface area contributed by atoms with E-state index in [-0.39, 0.29) is 16.0 Å². The summed E-state index contributed by atoms with van der Waals surface area (Å²) in [6.07, 6.45) is 3.83. The number of benzene rings is 1. The SMILES string of the molecule is Cc1cc(Cl)c(S(=O)(=O)NC2C3C4CCC(C4)C23)cc1N. The Morgan fingerprint density at radius 1 is 1.24 bits per heavy atom. The molecule has 1 aromatic rings. The van der Waals surface area contributed by atoms with Crippen LogP contribution < -0.4 is 10.5 Å². The van der Waals surface area contributed by atoms with Crippen molar-refractivity contribution in [1.82, 2.24) is 4.72 Å². The highest BCUT2D eigenvalue weighted by molar-refractivity contribution is 7.89. The molecule has 0 spiro atoms. The number of fused-ring (bicyclic) bond motifs is 5. The molecule has 0 amide bonds. The number of aryl methyl sites for hydroxylation is 1. The van der Waals surface area contributed by atoms with Crippen LogP contribution in [0.4, 0.5) is 5.69 Å². The van der Waals surface area contributed by atoms with Crippen molar-refractivity contribution in [3.8, 4) is 0 Å². The molecule has 3 saturated carbocycles. The molecule has 0 aliphatic heterocycles. The standard InChI is InChI=1S/C15H19ClN2O2S/c1-7-4-10(16)12(6-11(7)17)21(19,20)18-15-13-8-2-3-9(5-8)14(13)15/h4,6,8-9,13-15,18H,2-3,5,17H2,1H3. The molecule has 114 valence electrons. The molecule has 0 heterocycles. The van der Waals surface area contributed by atoms with Crippen molar-refractivity contribution in [3.05, 3.63) is 22.7 Å². The van der Waals surface area contributed by atoms with Gasteiger partial charge in [-0.2, -0.15) is 0 Å². The lowest BCUT2D eigenvalue weighted by Gasteiger charge is -2.13. The van der Waals surface area contributed by atoms with Crippen molar-refractivity contribution in [2.45, 2.75) is 37.1 Å². The second-order valence-electron chi connectivity index (χ2n) is 6.77. The van der Waals surface area contributed by atoms with Crippen molar-refractivity contribution in [3.63, 3.8) is 0 Å². The smallest absolute Gasteiger partial charge is 0.242 e. The minimum Gasteiger partial charge on any atom is -0.398 e. The normalized spacial score (nSPS) is 36.8. The molecule has 3 N–H and O–H groups in total. The van der Waals surface area contributed by atoms with E-state index in [4.69, 9.17) is 17.3 Å². The van der Waals surface area contributed by atoms with E-state index in [1.807, 2.05) is 6.92 Å². The highest BCUT2D eigenvalue weighted by atomic mass is 35.5. The average Bonchev–Trinajstić information content (AvgIpc) is 2.82. The van der Waals surface area contributed by atoms with Crippen molar-refractivity contribution in [2.24, 2.45) is 23.7 Å². The maximum atomic E-state index is 12.6. The summed E-state index contributed by atoms with van der Waals surface area (Å²) in [6.45, 7) is 1.81. The minimum absolute atomic E-state index is 0.101. The van der Waals surface area contributed by atoms with E-state index in [0.29, 0.717) is 17.5 Å². The van der Waals surface area contributed by atoms with Crippen molar-refractivity contribution < 1.29 is 8.42 Å². The molecule has 0 aromatic heterocycles. The zero-order valence-electron chi connectivity index (χ0n) is 11.8. The minimum atomic E-state index is -3.59. The number of halogens is 1. The van der Waals surface area contributed by atoms with Crippen LogP contribution in [-0.4, -0.2) is 14.5 Å². The zero-order valence-corrected chi connectivity index (χ0v) is 13.4. The average molecular weight is 327 g/mol. The molecule has 21 heavy (non-hydrogen) atoms. The van der Waals surface area contributed by atoms with Gasteiger partial charge < -0.3 is 5.73 Å². The Morgan fingerprint density at radius 2 is 1.86 bits per heavy atom. The first-order chi connectivity index (χ1) is 9.88. The highest BCUT2D eigenvalue weighted by Gasteiger charge is 2.65. The van der Waals surface area contributed by atoms with E-state index in [0.717, 1.165) is 17.4 Å². The largest absolute Gasteiger partial charge is 0.398 e. The van der Waals surface area contributed by atoms with Crippen LogP contribution in [0.15, 0.2) is 17.0 Å². The number of hydrogen-bond donors (Lipinski definition) is 2. The van der Waals surface area contributed by atoms with Gasteiger partial charge >= 0.3 is 0 Å². The van der Waals surface area contributed by atoms with Crippen molar-refractivity contribution >= 4 is 27.3 Å². The summed E-state index contributed by atoms with van der Waals surface area (Å²) in [4.78, 5) is 0.101. The Bertz CT molecular complexity index is 703. The lowest BCUT2D eigenvalue weighted by Crippen LogP contribution is -2.30. The molecule has 4 atom stereocenters. The van der Waals surface area contributed by atoms with Crippen LogP contribution in [-0.2, 0) is 10.0 Å². The number of nitrogens with two attached hydrogens (primary N) is 1. The van der Waals surface area contributed by atoms with E-state index in [1.165, 1.54) is 25.3 Å². The molecular weight excluding hydrogens is 308 g/mol. The predicted octanol–water partition coefficient (Wildman–Crippen LogP) is 2.55. The van der Waals surface area contributed by atoms with Crippen LogP contribution in [0, 0.1) is 30.6 Å². The summed E-state index contributed by atoms with van der Waals surface area (Å²) in [5, 5.41) is 0.239. The van der Waals surface area contributed by atoms with E-state index in [1.54, 1.807) is 6.07 Å². The summed E-state index contributed by atoms with van der Waals surface area (Å²) in [5.41, 5.74) is 7.07. The van der Waals surface area contributed by atoms with Gasteiger partial charge in [-0.3, -0.25) is 0 Å². The van der Waals surface area contributed by atoms with Gasteiger partial charge in [-0.05, 0) is 67.6 Å². The molecule has 0 saturated heterocycles. The van der Waals surface area contributed by atoms with E-state index in [2.05, 4.69) is 4.72 Å². The number of sulfonamides is 1. The van der Waals surface area contributed by atoms with Crippen LogP contribution in [0.5, 0.6) is 0 Å². The van der Waals surface area contributed by atoms with Crippen LogP contribution in [0.3, 0.4) is 0 Å². The molecule has 3 aliphatic rings. The van der Waals surface area contributed by atoms with E-state index < -0.39 is 10.0 Å². The fraction of sp³-hybridized carbons (Fsp3) is 0.600. The number of nitrogens with one attached hydrogen (secondary N) is 1. The topological polar surface area (TPSA) is 72.2 Å². The van der Waals surface area contributed by atoms with Crippen LogP contribution in [0.25, 0.3) is 0 Å². The van der Waals surface area contributed by atoms with Crippen LogP contribution in [0.2, 0.25) is 5.02 Å². The third-order valence-corrected chi connectivity index (χ3v) is 7.56. The lowest BCUT2D eigenvalue weighted by atomic mass is 10.0. The molecular formula is C15H19ClN2O2S. The molecule has 2 bridgehead atoms. The van der Waals surface area contributed by atoms with Gasteiger partial charge in [-0.1, -0.05) is 11.6 Å². The highest BCUT2D eigenvalue weighted by Crippen LogP contribution is 2.65. The summed E-state index contributed by atoms with van der Waals surface area (Å²) in [6, 6.07) is 3.19. The Morgan fingerprint density at radius 3 is 2.48 bits per heavy atom. The third-order valence-electron chi connectivity index (χ3n) is 5.64. The molecule has 3 aliphatic carbocycles. The lowest BCUT2D eigenvalue weighted by molar-refractivity contribution is 0.456. The molecule has 1 aromatic carbocycles. The Hall–Kier alpha value is -0.780. The van der Waals surface area contributed by atoms with Crippen molar-refractivity contribution in [1.29, 1.82) is 0 Å². The fourth-order valence-corrected chi connectivity index (χ4v) is 6.52. The maximum Gasteiger partial charge on any atom is 0.242 e. The van der Waals surface area contributed by atoms with Crippen molar-refractivity contribution in [2.75, 3.05) is 5.73 Å². The quantitative estimate of drug-likeness (QED) is 0.838. The summed E-state index contributed by atoms with van der Waals surface area (Å²) < 4.78 is 28.0. The fourth-order valence-electron chi connectivity index (χ4n) is 4.60. The van der Waals surface area contributed by atoms with Gasteiger partial charge in [0.1, 0.15) is 4.90 Å².